The molecule has 1 aromatic carbocycles. The molecule has 1 aromatic rings. The van der Waals surface area contributed by atoms with Crippen LogP contribution in [0.2, 0.25) is 0 Å². The van der Waals surface area contributed by atoms with Crippen LogP contribution in [0.5, 0.6) is 5.75 Å². The largest absolute Gasteiger partial charge is 0.494 e. The van der Waals surface area contributed by atoms with Crippen molar-refractivity contribution in [1.29, 1.82) is 0 Å². The van der Waals surface area contributed by atoms with Gasteiger partial charge in [0.2, 0.25) is 11.8 Å². The zero-order valence-electron chi connectivity index (χ0n) is 15.0. The van der Waals surface area contributed by atoms with Gasteiger partial charge in [0.25, 0.3) is 0 Å². The van der Waals surface area contributed by atoms with Crippen molar-refractivity contribution in [3.63, 3.8) is 0 Å². The second-order valence-electron chi connectivity index (χ2n) is 6.72. The maximum absolute atomic E-state index is 12.1. The van der Waals surface area contributed by atoms with Crippen LogP contribution >= 0.6 is 0 Å². The molecule has 0 bridgehead atoms. The number of nitrogens with one attached hydrogen (secondary N) is 2. The van der Waals surface area contributed by atoms with E-state index in [4.69, 9.17) is 10.6 Å². The van der Waals surface area contributed by atoms with E-state index in [2.05, 4.69) is 24.6 Å². The first-order valence-corrected chi connectivity index (χ1v) is 8.72. The average Bonchev–Trinajstić information content (AvgIpc) is 2.59. The van der Waals surface area contributed by atoms with Crippen LogP contribution in [0, 0.1) is 5.92 Å². The van der Waals surface area contributed by atoms with Crippen molar-refractivity contribution in [2.75, 3.05) is 19.7 Å². The van der Waals surface area contributed by atoms with E-state index >= 15 is 0 Å². The number of hydrazine groups is 1. The molecule has 2 rings (SSSR count). The zero-order valence-corrected chi connectivity index (χ0v) is 15.0. The Morgan fingerprint density at radius 2 is 2.12 bits per heavy atom. The van der Waals surface area contributed by atoms with Gasteiger partial charge in [-0.25, -0.2) is 5.84 Å². The zero-order chi connectivity index (χ0) is 18.2. The molecule has 1 heterocycles. The lowest BCUT2D eigenvalue weighted by molar-refractivity contribution is -0.134. The van der Waals surface area contributed by atoms with Crippen LogP contribution < -0.4 is 21.3 Å². The quantitative estimate of drug-likeness (QED) is 0.367. The van der Waals surface area contributed by atoms with Crippen LogP contribution in [0.3, 0.4) is 0 Å². The number of rotatable bonds is 8. The first-order chi connectivity index (χ1) is 12.0. The number of nitrogens with zero attached hydrogens (tertiary/aromatic N) is 1. The number of piperazine rings is 1. The monoisotopic (exact) mass is 348 g/mol. The topological polar surface area (TPSA) is 96.7 Å². The van der Waals surface area contributed by atoms with Crippen molar-refractivity contribution in [3.05, 3.63) is 29.8 Å². The number of carbonyl (C=O) groups excluding carboxylic acids is 2. The maximum atomic E-state index is 12.1. The van der Waals surface area contributed by atoms with Crippen LogP contribution in [-0.2, 0) is 16.1 Å². The van der Waals surface area contributed by atoms with Crippen molar-refractivity contribution in [2.24, 2.45) is 11.8 Å². The molecule has 138 valence electrons. The number of ether oxygens (including phenoxy) is 1. The fourth-order valence-corrected chi connectivity index (χ4v) is 2.75. The van der Waals surface area contributed by atoms with Crippen molar-refractivity contribution in [2.45, 2.75) is 39.3 Å². The molecule has 0 aliphatic carbocycles. The Morgan fingerprint density at radius 1 is 1.40 bits per heavy atom. The first-order valence-electron chi connectivity index (χ1n) is 8.72. The molecule has 1 fully saturated rings. The van der Waals surface area contributed by atoms with Gasteiger partial charge in [-0.2, -0.15) is 0 Å². The molecule has 0 spiro atoms. The number of amides is 2. The number of hydrogen-bond donors (Lipinski definition) is 3. The summed E-state index contributed by atoms with van der Waals surface area (Å²) in [5.41, 5.74) is 3.16. The Kier molecular flexibility index (Phi) is 7.21. The van der Waals surface area contributed by atoms with Gasteiger partial charge in [0.05, 0.1) is 19.1 Å². The summed E-state index contributed by atoms with van der Waals surface area (Å²) in [5, 5.41) is 2.80. The predicted molar refractivity (Wildman–Crippen MR) is 95.5 cm³/mol. The fraction of sp³-hybridized carbons (Fsp3) is 0.556. The second-order valence-corrected chi connectivity index (χ2v) is 6.72. The van der Waals surface area contributed by atoms with E-state index in [1.54, 1.807) is 0 Å². The lowest BCUT2D eigenvalue weighted by Gasteiger charge is -2.34. The molecule has 25 heavy (non-hydrogen) atoms. The lowest BCUT2D eigenvalue weighted by Crippen LogP contribution is -2.56. The highest BCUT2D eigenvalue weighted by Gasteiger charge is 2.31. The summed E-state index contributed by atoms with van der Waals surface area (Å²) in [5.74, 6) is 6.13. The minimum atomic E-state index is -0.501. The van der Waals surface area contributed by atoms with Gasteiger partial charge in [0.15, 0.2) is 0 Å². The van der Waals surface area contributed by atoms with Gasteiger partial charge in [-0.1, -0.05) is 26.0 Å². The second kappa shape index (κ2) is 9.39. The molecule has 4 N–H and O–H groups in total. The van der Waals surface area contributed by atoms with E-state index in [1.165, 1.54) is 0 Å². The van der Waals surface area contributed by atoms with E-state index in [-0.39, 0.29) is 18.2 Å². The van der Waals surface area contributed by atoms with Gasteiger partial charge in [0, 0.05) is 19.6 Å². The summed E-state index contributed by atoms with van der Waals surface area (Å²) in [4.78, 5) is 25.6. The summed E-state index contributed by atoms with van der Waals surface area (Å²) < 4.78 is 5.72. The third-order valence-corrected chi connectivity index (χ3v) is 4.25. The van der Waals surface area contributed by atoms with Crippen LogP contribution in [-0.4, -0.2) is 42.5 Å². The molecule has 1 aliphatic heterocycles. The minimum Gasteiger partial charge on any atom is -0.494 e. The molecule has 1 atom stereocenters. The molecule has 2 amide bonds. The van der Waals surface area contributed by atoms with Crippen LogP contribution in [0.25, 0.3) is 0 Å². The highest BCUT2D eigenvalue weighted by atomic mass is 16.5. The van der Waals surface area contributed by atoms with Crippen molar-refractivity contribution in [3.8, 4) is 5.75 Å². The smallest absolute Gasteiger partial charge is 0.237 e. The molecule has 0 radical (unpaired) electrons. The number of carbonyl (C=O) groups is 2. The Bertz CT molecular complexity index is 574. The number of benzene rings is 1. The fourth-order valence-electron chi connectivity index (χ4n) is 2.75. The van der Waals surface area contributed by atoms with Crippen LogP contribution in [0.1, 0.15) is 32.3 Å². The molecule has 1 unspecified atom stereocenters. The molecule has 1 aliphatic rings. The molecule has 0 aromatic heterocycles. The van der Waals surface area contributed by atoms with E-state index in [0.29, 0.717) is 32.2 Å². The van der Waals surface area contributed by atoms with Crippen molar-refractivity contribution in [1.82, 2.24) is 15.6 Å². The standard InChI is InChI=1S/C18H28N4O3/c1-13(2)7-10-25-15-5-3-14(4-6-15)12-22-9-8-20-18(24)16(22)11-17(23)21-19/h3-6,13,16H,7-12,19H2,1-2H3,(H,20,24)(H,21,23). The highest BCUT2D eigenvalue weighted by Crippen LogP contribution is 2.17. The molecule has 0 saturated carbocycles. The maximum Gasteiger partial charge on any atom is 0.237 e. The van der Waals surface area contributed by atoms with Crippen LogP contribution in [0.15, 0.2) is 24.3 Å². The summed E-state index contributed by atoms with van der Waals surface area (Å²) in [7, 11) is 0. The van der Waals surface area contributed by atoms with Crippen molar-refractivity contribution < 1.29 is 14.3 Å². The van der Waals surface area contributed by atoms with E-state index in [0.717, 1.165) is 17.7 Å². The first kappa shape index (κ1) is 19.2. The Hall–Kier alpha value is -2.12. The van der Waals surface area contributed by atoms with Crippen LogP contribution in [0.4, 0.5) is 0 Å². The van der Waals surface area contributed by atoms with Gasteiger partial charge in [-0.3, -0.25) is 19.9 Å². The Balaban J connectivity index is 1.94. The van der Waals surface area contributed by atoms with Gasteiger partial charge < -0.3 is 10.1 Å². The van der Waals surface area contributed by atoms with E-state index < -0.39 is 6.04 Å². The molecule has 7 heteroatoms. The Morgan fingerprint density at radius 3 is 2.76 bits per heavy atom. The normalized spacial score (nSPS) is 18.1. The molecule has 7 nitrogen and oxygen atoms in total. The third-order valence-electron chi connectivity index (χ3n) is 4.25. The number of nitrogens with two attached hydrogens (primary N) is 1. The summed E-state index contributed by atoms with van der Waals surface area (Å²) in [6.45, 7) is 6.92. The predicted octanol–water partition coefficient (Wildman–Crippen LogP) is 0.792. The lowest BCUT2D eigenvalue weighted by atomic mass is 10.1. The minimum absolute atomic E-state index is 0.0543. The molecular weight excluding hydrogens is 320 g/mol. The summed E-state index contributed by atoms with van der Waals surface area (Å²) >= 11 is 0. The molecular formula is C18H28N4O3. The van der Waals surface area contributed by atoms with E-state index in [1.807, 2.05) is 29.2 Å². The number of hydrogen-bond acceptors (Lipinski definition) is 5. The summed E-state index contributed by atoms with van der Waals surface area (Å²) in [6, 6.07) is 7.39. The van der Waals surface area contributed by atoms with Gasteiger partial charge >= 0.3 is 0 Å². The Labute approximate surface area is 148 Å². The van der Waals surface area contributed by atoms with Gasteiger partial charge in [0.1, 0.15) is 5.75 Å². The summed E-state index contributed by atoms with van der Waals surface area (Å²) in [6.07, 6.45) is 1.08. The van der Waals surface area contributed by atoms with Gasteiger partial charge in [-0.15, -0.1) is 0 Å². The van der Waals surface area contributed by atoms with Gasteiger partial charge in [-0.05, 0) is 30.0 Å². The van der Waals surface area contributed by atoms with Crippen molar-refractivity contribution >= 4 is 11.8 Å². The average molecular weight is 348 g/mol. The third kappa shape index (κ3) is 6.03. The SMILES string of the molecule is CC(C)CCOc1ccc(CN2CCNC(=O)C2CC(=O)NN)cc1. The molecule has 1 saturated heterocycles. The highest BCUT2D eigenvalue weighted by molar-refractivity contribution is 5.88. The van der Waals surface area contributed by atoms with E-state index in [9.17, 15) is 9.59 Å².